The van der Waals surface area contributed by atoms with Gasteiger partial charge in [-0.25, -0.2) is 4.39 Å². The summed E-state index contributed by atoms with van der Waals surface area (Å²) in [5.41, 5.74) is 0.592. The number of carbonyl (C=O) groups excluding carboxylic acids is 1. The van der Waals surface area contributed by atoms with E-state index < -0.39 is 0 Å². The summed E-state index contributed by atoms with van der Waals surface area (Å²) in [5, 5.41) is 3.04. The molecule has 0 saturated carbocycles. The predicted octanol–water partition coefficient (Wildman–Crippen LogP) is 2.98. The van der Waals surface area contributed by atoms with Crippen molar-refractivity contribution in [2.45, 2.75) is 33.7 Å². The Morgan fingerprint density at radius 1 is 1.37 bits per heavy atom. The zero-order chi connectivity index (χ0) is 14.8. The second kappa shape index (κ2) is 9.50. The van der Waals surface area contributed by atoms with E-state index in [0.29, 0.717) is 18.7 Å². The van der Waals surface area contributed by atoms with E-state index >= 15 is 0 Å². The molecular formula is C15H25FN2O. The van der Waals surface area contributed by atoms with E-state index in [1.165, 1.54) is 13.0 Å². The third kappa shape index (κ3) is 5.39. The van der Waals surface area contributed by atoms with Crippen molar-refractivity contribution in [1.82, 2.24) is 10.2 Å². The van der Waals surface area contributed by atoms with Gasteiger partial charge in [0.25, 0.3) is 0 Å². The molecule has 3 nitrogen and oxygen atoms in total. The van der Waals surface area contributed by atoms with Crippen LogP contribution in [0.25, 0.3) is 0 Å². The van der Waals surface area contributed by atoms with E-state index in [9.17, 15) is 9.18 Å². The van der Waals surface area contributed by atoms with E-state index in [0.717, 1.165) is 0 Å². The molecule has 0 heterocycles. The molecule has 0 saturated heterocycles. The molecule has 19 heavy (non-hydrogen) atoms. The molecule has 0 aliphatic rings. The van der Waals surface area contributed by atoms with Gasteiger partial charge in [0, 0.05) is 25.6 Å². The molecule has 0 aromatic heterocycles. The summed E-state index contributed by atoms with van der Waals surface area (Å²) >= 11 is 0. The Kier molecular flexibility index (Phi) is 8.79. The third-order valence-electron chi connectivity index (χ3n) is 2.86. The summed E-state index contributed by atoms with van der Waals surface area (Å²) in [7, 11) is 1.77. The van der Waals surface area contributed by atoms with Crippen molar-refractivity contribution in [3.8, 4) is 0 Å². The quantitative estimate of drug-likeness (QED) is 0.890. The number of rotatable bonds is 5. The largest absolute Gasteiger partial charge is 0.341 e. The topological polar surface area (TPSA) is 32.3 Å². The van der Waals surface area contributed by atoms with Gasteiger partial charge in [0.2, 0.25) is 5.91 Å². The van der Waals surface area contributed by atoms with Crippen molar-refractivity contribution in [2.75, 3.05) is 20.1 Å². The summed E-state index contributed by atoms with van der Waals surface area (Å²) in [6, 6.07) is 6.45. The number of nitrogens with one attached hydrogen (secondary N) is 1. The highest BCUT2D eigenvalue weighted by Crippen LogP contribution is 2.17. The molecule has 1 rings (SSSR count). The normalized spacial score (nSPS) is 11.3. The lowest BCUT2D eigenvalue weighted by Crippen LogP contribution is -2.37. The monoisotopic (exact) mass is 268 g/mol. The first-order chi connectivity index (χ1) is 9.10. The number of halogens is 1. The molecular weight excluding hydrogens is 243 g/mol. The Morgan fingerprint density at radius 2 is 1.95 bits per heavy atom. The molecule has 0 spiro atoms. The number of hydrogen-bond acceptors (Lipinski definition) is 2. The lowest BCUT2D eigenvalue weighted by molar-refractivity contribution is -0.129. The van der Waals surface area contributed by atoms with E-state index in [1.807, 2.05) is 20.8 Å². The minimum atomic E-state index is -0.244. The molecule has 0 aliphatic heterocycles. The SMILES string of the molecule is CC.CCN(CC(NC)c1ccccc1F)C(C)=O. The second-order valence-corrected chi connectivity index (χ2v) is 3.92. The van der Waals surface area contributed by atoms with Crippen LogP contribution < -0.4 is 5.32 Å². The molecule has 1 aromatic carbocycles. The fourth-order valence-corrected chi connectivity index (χ4v) is 1.80. The van der Waals surface area contributed by atoms with Crippen molar-refractivity contribution in [3.63, 3.8) is 0 Å². The maximum atomic E-state index is 13.6. The zero-order valence-corrected chi connectivity index (χ0v) is 12.5. The van der Waals surface area contributed by atoms with Crippen LogP contribution in [-0.4, -0.2) is 30.9 Å². The van der Waals surface area contributed by atoms with Crippen LogP contribution in [0.15, 0.2) is 24.3 Å². The molecule has 0 aliphatic carbocycles. The lowest BCUT2D eigenvalue weighted by Gasteiger charge is -2.26. The highest BCUT2D eigenvalue weighted by molar-refractivity contribution is 5.73. The number of benzene rings is 1. The Labute approximate surface area is 115 Å². The zero-order valence-electron chi connectivity index (χ0n) is 12.5. The molecule has 1 amide bonds. The van der Waals surface area contributed by atoms with Gasteiger partial charge in [0.1, 0.15) is 5.82 Å². The number of hydrogen-bond donors (Lipinski definition) is 1. The molecule has 1 atom stereocenters. The van der Waals surface area contributed by atoms with Crippen LogP contribution >= 0.6 is 0 Å². The van der Waals surface area contributed by atoms with Gasteiger partial charge in [0.05, 0.1) is 6.04 Å². The highest BCUT2D eigenvalue weighted by Gasteiger charge is 2.17. The number of likely N-dealkylation sites (N-methyl/N-ethyl adjacent to an activating group) is 2. The van der Waals surface area contributed by atoms with Gasteiger partial charge in [-0.1, -0.05) is 32.0 Å². The van der Waals surface area contributed by atoms with Crippen LogP contribution in [0.2, 0.25) is 0 Å². The van der Waals surface area contributed by atoms with Gasteiger partial charge >= 0.3 is 0 Å². The van der Waals surface area contributed by atoms with E-state index in [4.69, 9.17) is 0 Å². The number of carbonyl (C=O) groups is 1. The molecule has 0 fully saturated rings. The summed E-state index contributed by atoms with van der Waals surface area (Å²) in [4.78, 5) is 13.0. The molecule has 108 valence electrons. The van der Waals surface area contributed by atoms with Crippen molar-refractivity contribution in [2.24, 2.45) is 0 Å². The van der Waals surface area contributed by atoms with Gasteiger partial charge in [-0.15, -0.1) is 0 Å². The smallest absolute Gasteiger partial charge is 0.219 e. The summed E-state index contributed by atoms with van der Waals surface area (Å²) < 4.78 is 13.6. The summed E-state index contributed by atoms with van der Waals surface area (Å²) in [5.74, 6) is -0.240. The summed E-state index contributed by atoms with van der Waals surface area (Å²) in [6.07, 6.45) is 0. The first-order valence-electron chi connectivity index (χ1n) is 6.77. The average molecular weight is 268 g/mol. The van der Waals surface area contributed by atoms with Crippen LogP contribution in [0.3, 0.4) is 0 Å². The minimum absolute atomic E-state index is 0.00379. The predicted molar refractivity (Wildman–Crippen MR) is 77.5 cm³/mol. The maximum Gasteiger partial charge on any atom is 0.219 e. The second-order valence-electron chi connectivity index (χ2n) is 3.92. The Morgan fingerprint density at radius 3 is 2.37 bits per heavy atom. The minimum Gasteiger partial charge on any atom is -0.341 e. The first-order valence-corrected chi connectivity index (χ1v) is 6.77. The van der Waals surface area contributed by atoms with E-state index in [1.54, 1.807) is 30.1 Å². The molecule has 0 radical (unpaired) electrons. The van der Waals surface area contributed by atoms with Crippen molar-refractivity contribution >= 4 is 5.91 Å². The first kappa shape index (κ1) is 17.6. The van der Waals surface area contributed by atoms with Crippen LogP contribution in [0.1, 0.15) is 39.3 Å². The van der Waals surface area contributed by atoms with Gasteiger partial charge in [-0.2, -0.15) is 0 Å². The van der Waals surface area contributed by atoms with Gasteiger partial charge in [0.15, 0.2) is 0 Å². The molecule has 1 unspecified atom stereocenters. The van der Waals surface area contributed by atoms with Crippen molar-refractivity contribution in [1.29, 1.82) is 0 Å². The molecule has 4 heteroatoms. The fraction of sp³-hybridized carbons (Fsp3) is 0.533. The van der Waals surface area contributed by atoms with Crippen LogP contribution in [0.5, 0.6) is 0 Å². The van der Waals surface area contributed by atoms with Crippen LogP contribution in [0, 0.1) is 5.82 Å². The highest BCUT2D eigenvalue weighted by atomic mass is 19.1. The van der Waals surface area contributed by atoms with E-state index in [2.05, 4.69) is 5.32 Å². The lowest BCUT2D eigenvalue weighted by atomic mass is 10.1. The standard InChI is InChI=1S/C13H19FN2O.C2H6/c1-4-16(10(2)17)9-13(15-3)11-7-5-6-8-12(11)14;1-2/h5-8,13,15H,4,9H2,1-3H3;1-2H3. The number of amides is 1. The Hall–Kier alpha value is -1.42. The fourth-order valence-electron chi connectivity index (χ4n) is 1.80. The number of nitrogens with zero attached hydrogens (tertiary/aromatic N) is 1. The maximum absolute atomic E-state index is 13.6. The van der Waals surface area contributed by atoms with E-state index in [-0.39, 0.29) is 17.8 Å². The summed E-state index contributed by atoms with van der Waals surface area (Å²) in [6.45, 7) is 8.54. The Bertz CT molecular complexity index is 382. The van der Waals surface area contributed by atoms with Gasteiger partial charge < -0.3 is 10.2 Å². The van der Waals surface area contributed by atoms with Gasteiger partial charge in [-0.3, -0.25) is 4.79 Å². The Balaban J connectivity index is 0.00000154. The molecule has 1 N–H and O–H groups in total. The van der Waals surface area contributed by atoms with Crippen molar-refractivity contribution < 1.29 is 9.18 Å². The van der Waals surface area contributed by atoms with Crippen LogP contribution in [-0.2, 0) is 4.79 Å². The van der Waals surface area contributed by atoms with Crippen LogP contribution in [0.4, 0.5) is 4.39 Å². The van der Waals surface area contributed by atoms with Crippen molar-refractivity contribution in [3.05, 3.63) is 35.6 Å². The average Bonchev–Trinajstić information content (AvgIpc) is 2.43. The van der Waals surface area contributed by atoms with Gasteiger partial charge in [-0.05, 0) is 20.0 Å². The third-order valence-corrected chi connectivity index (χ3v) is 2.86. The molecule has 1 aromatic rings. The molecule has 0 bridgehead atoms.